The van der Waals surface area contributed by atoms with Crippen LogP contribution < -0.4 is 14.1 Å². The van der Waals surface area contributed by atoms with Crippen molar-refractivity contribution in [2.75, 3.05) is 0 Å². The van der Waals surface area contributed by atoms with Gasteiger partial charge in [0.15, 0.2) is 0 Å². The minimum Gasteiger partial charge on any atom is -0.405 e. The van der Waals surface area contributed by atoms with Gasteiger partial charge in [-0.1, -0.05) is 55.7 Å². The summed E-state index contributed by atoms with van der Waals surface area (Å²) in [6.45, 7) is 0. The van der Waals surface area contributed by atoms with Crippen molar-refractivity contribution in [3.8, 4) is 11.5 Å². The van der Waals surface area contributed by atoms with Crippen LogP contribution in [0.1, 0.15) is 32.1 Å². The lowest BCUT2D eigenvalue weighted by atomic mass is 9.96. The molecule has 23 heavy (non-hydrogen) atoms. The van der Waals surface area contributed by atoms with Gasteiger partial charge in [-0.05, 0) is 37.1 Å². The Bertz CT molecular complexity index is 596. The number of nitrogens with one attached hydrogen (secondary N) is 1. The van der Waals surface area contributed by atoms with E-state index in [-0.39, 0.29) is 6.04 Å². The van der Waals surface area contributed by atoms with Crippen LogP contribution in [0.15, 0.2) is 60.7 Å². The Morgan fingerprint density at radius 3 is 1.74 bits per heavy atom. The molecule has 0 atom stereocenters. The number of para-hydroxylation sites is 2. The highest BCUT2D eigenvalue weighted by Gasteiger charge is 2.32. The van der Waals surface area contributed by atoms with Gasteiger partial charge in [-0.25, -0.2) is 4.57 Å². The molecule has 0 aromatic heterocycles. The summed E-state index contributed by atoms with van der Waals surface area (Å²) < 4.78 is 24.7. The molecule has 1 N–H and O–H groups in total. The largest absolute Gasteiger partial charge is 0.513 e. The van der Waals surface area contributed by atoms with Crippen LogP contribution >= 0.6 is 7.75 Å². The second kappa shape index (κ2) is 7.67. The topological polar surface area (TPSA) is 47.6 Å². The molecule has 0 amide bonds. The Labute approximate surface area is 137 Å². The third-order valence-electron chi connectivity index (χ3n) is 3.88. The highest BCUT2D eigenvalue weighted by atomic mass is 31.2. The van der Waals surface area contributed by atoms with Crippen molar-refractivity contribution in [2.24, 2.45) is 0 Å². The van der Waals surface area contributed by atoms with Crippen LogP contribution in [-0.2, 0) is 4.57 Å². The van der Waals surface area contributed by atoms with Crippen LogP contribution in [0.25, 0.3) is 0 Å². The SMILES string of the molecule is O=P(NC1CCCCC1)(Oc1ccccc1)Oc1ccccc1. The molecule has 0 bridgehead atoms. The predicted octanol–water partition coefficient (Wildman–Crippen LogP) is 5.17. The van der Waals surface area contributed by atoms with Gasteiger partial charge >= 0.3 is 7.75 Å². The molecule has 3 rings (SSSR count). The smallest absolute Gasteiger partial charge is 0.405 e. The number of rotatable bonds is 6. The Morgan fingerprint density at radius 1 is 0.783 bits per heavy atom. The first-order valence-corrected chi connectivity index (χ1v) is 9.65. The fourth-order valence-corrected chi connectivity index (χ4v) is 4.41. The van der Waals surface area contributed by atoms with E-state index in [1.54, 1.807) is 24.3 Å². The summed E-state index contributed by atoms with van der Waals surface area (Å²) in [5.74, 6) is 1.07. The molecule has 1 aliphatic carbocycles. The summed E-state index contributed by atoms with van der Waals surface area (Å²) in [6, 6.07) is 18.5. The average molecular weight is 331 g/mol. The molecule has 0 saturated heterocycles. The van der Waals surface area contributed by atoms with Gasteiger partial charge in [-0.15, -0.1) is 0 Å². The molecule has 0 aliphatic heterocycles. The minimum atomic E-state index is -3.48. The molecular formula is C18H22NO3P. The van der Waals surface area contributed by atoms with Gasteiger partial charge in [0.2, 0.25) is 0 Å². The van der Waals surface area contributed by atoms with E-state index in [2.05, 4.69) is 5.09 Å². The Balaban J connectivity index is 1.77. The van der Waals surface area contributed by atoms with E-state index in [0.29, 0.717) is 11.5 Å². The molecule has 1 saturated carbocycles. The maximum atomic E-state index is 13.3. The van der Waals surface area contributed by atoms with E-state index in [1.165, 1.54) is 6.42 Å². The van der Waals surface area contributed by atoms with Crippen molar-refractivity contribution in [1.29, 1.82) is 0 Å². The van der Waals surface area contributed by atoms with E-state index in [4.69, 9.17) is 9.05 Å². The predicted molar refractivity (Wildman–Crippen MR) is 91.8 cm³/mol. The normalized spacial score (nSPS) is 16.0. The summed E-state index contributed by atoms with van der Waals surface area (Å²) in [7, 11) is -3.48. The third-order valence-corrected chi connectivity index (χ3v) is 5.47. The standard InChI is InChI=1S/C18H22NO3P/c20-23(19-16-10-4-1-5-11-16,21-17-12-6-2-7-13-17)22-18-14-8-3-9-15-18/h2-3,6-9,12-16H,1,4-5,10-11H2,(H,19,20). The summed E-state index contributed by atoms with van der Waals surface area (Å²) >= 11 is 0. The Hall–Kier alpha value is -1.77. The zero-order valence-corrected chi connectivity index (χ0v) is 14.0. The average Bonchev–Trinajstić information content (AvgIpc) is 2.57. The van der Waals surface area contributed by atoms with Gasteiger partial charge in [0.25, 0.3) is 0 Å². The third kappa shape index (κ3) is 4.85. The molecule has 0 spiro atoms. The zero-order chi connectivity index (χ0) is 16.0. The van der Waals surface area contributed by atoms with E-state index >= 15 is 0 Å². The van der Waals surface area contributed by atoms with Crippen molar-refractivity contribution in [1.82, 2.24) is 5.09 Å². The van der Waals surface area contributed by atoms with Gasteiger partial charge in [0.1, 0.15) is 11.5 Å². The van der Waals surface area contributed by atoms with Gasteiger partial charge in [0, 0.05) is 6.04 Å². The molecule has 4 nitrogen and oxygen atoms in total. The molecule has 0 radical (unpaired) electrons. The molecule has 2 aromatic carbocycles. The van der Waals surface area contributed by atoms with Crippen LogP contribution in [0.5, 0.6) is 11.5 Å². The summed E-state index contributed by atoms with van der Waals surface area (Å²) in [5, 5.41) is 3.14. The van der Waals surface area contributed by atoms with Crippen LogP contribution in [0, 0.1) is 0 Å². The van der Waals surface area contributed by atoms with Crippen LogP contribution in [0.4, 0.5) is 0 Å². The number of hydrogen-bond donors (Lipinski definition) is 1. The number of hydrogen-bond acceptors (Lipinski definition) is 3. The van der Waals surface area contributed by atoms with E-state index in [9.17, 15) is 4.57 Å². The second-order valence-corrected chi connectivity index (χ2v) is 7.39. The van der Waals surface area contributed by atoms with E-state index in [1.807, 2.05) is 36.4 Å². The maximum Gasteiger partial charge on any atom is 0.513 e. The summed E-state index contributed by atoms with van der Waals surface area (Å²) in [5.41, 5.74) is 0. The first kappa shape index (κ1) is 16.1. The van der Waals surface area contributed by atoms with Crippen molar-refractivity contribution >= 4 is 7.75 Å². The monoisotopic (exact) mass is 331 g/mol. The van der Waals surface area contributed by atoms with Crippen molar-refractivity contribution in [2.45, 2.75) is 38.1 Å². The first-order chi connectivity index (χ1) is 11.2. The maximum absolute atomic E-state index is 13.3. The first-order valence-electron chi connectivity index (χ1n) is 8.11. The lowest BCUT2D eigenvalue weighted by Crippen LogP contribution is -2.31. The quantitative estimate of drug-likeness (QED) is 0.741. The Morgan fingerprint density at radius 2 is 1.26 bits per heavy atom. The van der Waals surface area contributed by atoms with Crippen LogP contribution in [-0.4, -0.2) is 6.04 Å². The summed E-state index contributed by atoms with van der Waals surface area (Å²) in [6.07, 6.45) is 5.53. The fourth-order valence-electron chi connectivity index (χ4n) is 2.77. The highest BCUT2D eigenvalue weighted by molar-refractivity contribution is 7.52. The molecule has 122 valence electrons. The summed E-state index contributed by atoms with van der Waals surface area (Å²) in [4.78, 5) is 0. The molecule has 1 aliphatic rings. The lowest BCUT2D eigenvalue weighted by molar-refractivity contribution is 0.336. The van der Waals surface area contributed by atoms with Gasteiger partial charge in [0.05, 0.1) is 0 Å². The van der Waals surface area contributed by atoms with Crippen LogP contribution in [0.2, 0.25) is 0 Å². The fraction of sp³-hybridized carbons (Fsp3) is 0.333. The van der Waals surface area contributed by atoms with Crippen LogP contribution in [0.3, 0.4) is 0 Å². The molecule has 1 fully saturated rings. The number of benzene rings is 2. The van der Waals surface area contributed by atoms with Gasteiger partial charge < -0.3 is 9.05 Å². The molecule has 0 heterocycles. The van der Waals surface area contributed by atoms with Crippen molar-refractivity contribution < 1.29 is 13.6 Å². The molecule has 2 aromatic rings. The van der Waals surface area contributed by atoms with Crippen molar-refractivity contribution in [3.05, 3.63) is 60.7 Å². The van der Waals surface area contributed by atoms with Gasteiger partial charge in [-0.2, -0.15) is 5.09 Å². The van der Waals surface area contributed by atoms with Crippen molar-refractivity contribution in [3.63, 3.8) is 0 Å². The zero-order valence-electron chi connectivity index (χ0n) is 13.1. The van der Waals surface area contributed by atoms with E-state index < -0.39 is 7.75 Å². The van der Waals surface area contributed by atoms with E-state index in [0.717, 1.165) is 25.7 Å². The molecule has 5 heteroatoms. The Kier molecular flexibility index (Phi) is 5.37. The van der Waals surface area contributed by atoms with Gasteiger partial charge in [-0.3, -0.25) is 0 Å². The minimum absolute atomic E-state index is 0.169. The highest BCUT2D eigenvalue weighted by Crippen LogP contribution is 2.46. The second-order valence-electron chi connectivity index (χ2n) is 5.77. The lowest BCUT2D eigenvalue weighted by Gasteiger charge is -2.27. The molecular weight excluding hydrogens is 309 g/mol. The molecule has 0 unspecified atom stereocenters.